The van der Waals surface area contributed by atoms with E-state index in [-0.39, 0.29) is 5.75 Å². The van der Waals surface area contributed by atoms with E-state index in [1.54, 1.807) is 0 Å². The van der Waals surface area contributed by atoms with Gasteiger partial charge in [-0.05, 0) is 18.9 Å². The van der Waals surface area contributed by atoms with Crippen LogP contribution in [0.2, 0.25) is 0 Å². The maximum absolute atomic E-state index is 13.0. The van der Waals surface area contributed by atoms with Gasteiger partial charge in [0.15, 0.2) is 17.3 Å². The molecule has 0 atom stereocenters. The Morgan fingerprint density at radius 1 is 1.47 bits per heavy atom. The Hall–Kier alpha value is -1.29. The van der Waals surface area contributed by atoms with Gasteiger partial charge in [-0.25, -0.2) is 4.39 Å². The van der Waals surface area contributed by atoms with Gasteiger partial charge in [-0.2, -0.15) is 0 Å². The first kappa shape index (κ1) is 10.2. The third-order valence-electron chi connectivity index (χ3n) is 2.71. The molecule has 3 nitrogen and oxygen atoms in total. The van der Waals surface area contributed by atoms with Crippen molar-refractivity contribution in [1.82, 2.24) is 0 Å². The predicted molar refractivity (Wildman–Crippen MR) is 52.5 cm³/mol. The molecule has 0 heterocycles. The van der Waals surface area contributed by atoms with Gasteiger partial charge >= 0.3 is 0 Å². The minimum atomic E-state index is -0.710. The van der Waals surface area contributed by atoms with E-state index in [4.69, 9.17) is 4.74 Å². The fourth-order valence-electron chi connectivity index (χ4n) is 1.63. The van der Waals surface area contributed by atoms with Crippen LogP contribution in [-0.2, 0) is 6.42 Å². The average molecular weight is 212 g/mol. The van der Waals surface area contributed by atoms with Gasteiger partial charge in [0.25, 0.3) is 0 Å². The van der Waals surface area contributed by atoms with Gasteiger partial charge in [0.2, 0.25) is 0 Å². The molecular formula is C11H13FO3. The molecule has 0 aliphatic heterocycles. The number of phenolic OH excluding ortho intramolecular Hbond substituents is 1. The molecule has 1 saturated carbocycles. The molecule has 0 spiro atoms. The molecule has 15 heavy (non-hydrogen) atoms. The number of hydrogen-bond donors (Lipinski definition) is 2. The number of benzene rings is 1. The van der Waals surface area contributed by atoms with Crippen molar-refractivity contribution in [3.63, 3.8) is 0 Å². The molecule has 0 amide bonds. The number of aromatic hydroxyl groups is 1. The summed E-state index contributed by atoms with van der Waals surface area (Å²) >= 11 is 0. The number of methoxy groups -OCH3 is 1. The molecule has 0 aromatic heterocycles. The molecule has 1 fully saturated rings. The smallest absolute Gasteiger partial charge is 0.194 e. The highest BCUT2D eigenvalue weighted by atomic mass is 19.1. The van der Waals surface area contributed by atoms with Gasteiger partial charge < -0.3 is 14.9 Å². The van der Waals surface area contributed by atoms with E-state index in [0.29, 0.717) is 12.0 Å². The molecule has 1 aliphatic rings. The SMILES string of the molecule is COc1c(CC2(O)CC2)ccc(F)c1O. The van der Waals surface area contributed by atoms with Crippen molar-refractivity contribution in [1.29, 1.82) is 0 Å². The largest absolute Gasteiger partial charge is 0.502 e. The van der Waals surface area contributed by atoms with Crippen LogP contribution in [0, 0.1) is 5.82 Å². The van der Waals surface area contributed by atoms with Crippen LogP contribution >= 0.6 is 0 Å². The zero-order valence-corrected chi connectivity index (χ0v) is 8.46. The molecule has 0 radical (unpaired) electrons. The average Bonchev–Trinajstić information content (AvgIpc) is 2.91. The maximum atomic E-state index is 13.0. The molecule has 1 aromatic rings. The van der Waals surface area contributed by atoms with Crippen LogP contribution < -0.4 is 4.74 Å². The molecule has 2 N–H and O–H groups in total. The number of aliphatic hydroxyl groups is 1. The van der Waals surface area contributed by atoms with E-state index in [1.807, 2.05) is 0 Å². The topological polar surface area (TPSA) is 49.7 Å². The van der Waals surface area contributed by atoms with Crippen LogP contribution in [0.15, 0.2) is 12.1 Å². The van der Waals surface area contributed by atoms with E-state index >= 15 is 0 Å². The second-order valence-corrected chi connectivity index (χ2v) is 3.99. The zero-order valence-electron chi connectivity index (χ0n) is 8.46. The normalized spacial score (nSPS) is 17.5. The van der Waals surface area contributed by atoms with Crippen molar-refractivity contribution in [2.24, 2.45) is 0 Å². The Kier molecular flexibility index (Phi) is 2.31. The van der Waals surface area contributed by atoms with Crippen molar-refractivity contribution < 1.29 is 19.3 Å². The van der Waals surface area contributed by atoms with Crippen molar-refractivity contribution in [3.05, 3.63) is 23.5 Å². The van der Waals surface area contributed by atoms with E-state index < -0.39 is 17.2 Å². The van der Waals surface area contributed by atoms with E-state index in [1.165, 1.54) is 19.2 Å². The standard InChI is InChI=1S/C11H13FO3/c1-15-10-7(6-11(14)4-5-11)2-3-8(12)9(10)13/h2-3,13-14H,4-6H2,1H3. The van der Waals surface area contributed by atoms with Crippen molar-refractivity contribution in [3.8, 4) is 11.5 Å². The lowest BCUT2D eigenvalue weighted by atomic mass is 10.0. The lowest BCUT2D eigenvalue weighted by Gasteiger charge is -2.13. The first-order valence-corrected chi connectivity index (χ1v) is 4.82. The molecule has 0 saturated heterocycles. The summed E-state index contributed by atoms with van der Waals surface area (Å²) < 4.78 is 17.9. The summed E-state index contributed by atoms with van der Waals surface area (Å²) in [6.45, 7) is 0. The number of halogens is 1. The molecule has 0 unspecified atom stereocenters. The number of ether oxygens (including phenoxy) is 1. The fraction of sp³-hybridized carbons (Fsp3) is 0.455. The molecule has 2 rings (SSSR count). The van der Waals surface area contributed by atoms with Gasteiger partial charge in [0, 0.05) is 12.0 Å². The minimum Gasteiger partial charge on any atom is -0.502 e. The van der Waals surface area contributed by atoms with Crippen LogP contribution in [0.3, 0.4) is 0 Å². The molecular weight excluding hydrogens is 199 g/mol. The summed E-state index contributed by atoms with van der Waals surface area (Å²) in [6.07, 6.45) is 1.88. The molecule has 4 heteroatoms. The van der Waals surface area contributed by atoms with Gasteiger partial charge in [0.1, 0.15) is 0 Å². The summed E-state index contributed by atoms with van der Waals surface area (Å²) in [4.78, 5) is 0. The summed E-state index contributed by atoms with van der Waals surface area (Å²) in [5.41, 5.74) is -0.0474. The summed E-state index contributed by atoms with van der Waals surface area (Å²) in [5.74, 6) is -1.08. The number of phenols is 1. The third-order valence-corrected chi connectivity index (χ3v) is 2.71. The highest BCUT2D eigenvalue weighted by Gasteiger charge is 2.41. The van der Waals surface area contributed by atoms with Crippen molar-refractivity contribution in [2.45, 2.75) is 24.9 Å². The second-order valence-electron chi connectivity index (χ2n) is 3.99. The summed E-state index contributed by atoms with van der Waals surface area (Å²) in [7, 11) is 1.37. The van der Waals surface area contributed by atoms with Gasteiger partial charge in [0.05, 0.1) is 12.7 Å². The first-order valence-electron chi connectivity index (χ1n) is 4.82. The Morgan fingerprint density at radius 2 is 2.13 bits per heavy atom. The summed E-state index contributed by atoms with van der Waals surface area (Å²) in [5, 5.41) is 19.1. The van der Waals surface area contributed by atoms with Crippen LogP contribution in [0.5, 0.6) is 11.5 Å². The molecule has 1 aromatic carbocycles. The highest BCUT2D eigenvalue weighted by molar-refractivity contribution is 5.47. The quantitative estimate of drug-likeness (QED) is 0.800. The van der Waals surface area contributed by atoms with Gasteiger partial charge in [-0.1, -0.05) is 6.07 Å². The van der Waals surface area contributed by atoms with E-state index in [2.05, 4.69) is 0 Å². The Labute approximate surface area is 87.1 Å². The van der Waals surface area contributed by atoms with Crippen LogP contribution in [0.25, 0.3) is 0 Å². The van der Waals surface area contributed by atoms with Crippen LogP contribution in [0.1, 0.15) is 18.4 Å². The lowest BCUT2D eigenvalue weighted by molar-refractivity contribution is 0.149. The molecule has 82 valence electrons. The fourth-order valence-corrected chi connectivity index (χ4v) is 1.63. The van der Waals surface area contributed by atoms with Crippen LogP contribution in [0.4, 0.5) is 4.39 Å². The lowest BCUT2D eigenvalue weighted by Crippen LogP contribution is -2.11. The Morgan fingerprint density at radius 3 is 2.67 bits per heavy atom. The first-order chi connectivity index (χ1) is 7.06. The number of rotatable bonds is 3. The van der Waals surface area contributed by atoms with E-state index in [0.717, 1.165) is 12.8 Å². The van der Waals surface area contributed by atoms with Gasteiger partial charge in [-0.15, -0.1) is 0 Å². The second kappa shape index (κ2) is 3.38. The Bertz CT molecular complexity index is 386. The van der Waals surface area contributed by atoms with Crippen molar-refractivity contribution >= 4 is 0 Å². The molecule has 0 bridgehead atoms. The molecule has 1 aliphatic carbocycles. The van der Waals surface area contributed by atoms with E-state index in [9.17, 15) is 14.6 Å². The summed E-state index contributed by atoms with van der Waals surface area (Å²) in [6, 6.07) is 2.71. The highest BCUT2D eigenvalue weighted by Crippen LogP contribution is 2.42. The third kappa shape index (κ3) is 1.90. The predicted octanol–water partition coefficient (Wildman–Crippen LogP) is 1.61. The van der Waals surface area contributed by atoms with Crippen molar-refractivity contribution in [2.75, 3.05) is 7.11 Å². The zero-order chi connectivity index (χ0) is 11.1. The Balaban J connectivity index is 2.34. The van der Waals surface area contributed by atoms with Crippen LogP contribution in [-0.4, -0.2) is 22.9 Å². The minimum absolute atomic E-state index is 0.121. The monoisotopic (exact) mass is 212 g/mol. The van der Waals surface area contributed by atoms with Gasteiger partial charge in [-0.3, -0.25) is 0 Å². The number of hydrogen-bond acceptors (Lipinski definition) is 3. The maximum Gasteiger partial charge on any atom is 0.194 e.